The number of thiazole rings is 1. The number of thioether (sulfide) groups is 1. The molecule has 4 rings (SSSR count). The van der Waals surface area contributed by atoms with Crippen molar-refractivity contribution in [2.24, 2.45) is 7.05 Å². The Balaban J connectivity index is 1.28. The average Bonchev–Trinajstić information content (AvgIpc) is 3.22. The number of carbonyl (C=O) groups excluding carboxylic acids is 1. The van der Waals surface area contributed by atoms with Crippen molar-refractivity contribution in [3.63, 3.8) is 0 Å². The highest BCUT2D eigenvalue weighted by Crippen LogP contribution is 2.46. The molecule has 128 valence electrons. The van der Waals surface area contributed by atoms with Crippen molar-refractivity contribution < 1.29 is 9.53 Å². The van der Waals surface area contributed by atoms with Crippen LogP contribution >= 0.6 is 23.1 Å². The summed E-state index contributed by atoms with van der Waals surface area (Å²) in [5.41, 5.74) is 1.67. The zero-order chi connectivity index (χ0) is 16.7. The van der Waals surface area contributed by atoms with Crippen LogP contribution in [0.5, 0.6) is 0 Å². The van der Waals surface area contributed by atoms with Crippen LogP contribution in [-0.2, 0) is 18.4 Å². The molecule has 1 spiro atoms. The molecule has 2 aromatic heterocycles. The molecule has 6 nitrogen and oxygen atoms in total. The maximum Gasteiger partial charge on any atom is 0.272 e. The lowest BCUT2D eigenvalue weighted by Gasteiger charge is -2.47. The van der Waals surface area contributed by atoms with Crippen LogP contribution in [-0.4, -0.2) is 55.3 Å². The van der Waals surface area contributed by atoms with E-state index in [1.165, 1.54) is 0 Å². The van der Waals surface area contributed by atoms with Crippen molar-refractivity contribution in [2.45, 2.75) is 30.8 Å². The molecule has 2 fully saturated rings. The van der Waals surface area contributed by atoms with Gasteiger partial charge in [0.25, 0.3) is 5.91 Å². The van der Waals surface area contributed by atoms with Gasteiger partial charge in [-0.1, -0.05) is 0 Å². The third-order valence-corrected chi connectivity index (χ3v) is 6.99. The first kappa shape index (κ1) is 16.1. The lowest BCUT2D eigenvalue weighted by Crippen LogP contribution is -2.61. The predicted octanol–water partition coefficient (Wildman–Crippen LogP) is 2.10. The van der Waals surface area contributed by atoms with E-state index >= 15 is 0 Å². The fourth-order valence-electron chi connectivity index (χ4n) is 3.35. The number of carbonyl (C=O) groups is 1. The van der Waals surface area contributed by atoms with E-state index in [0.717, 1.165) is 36.0 Å². The van der Waals surface area contributed by atoms with Crippen molar-refractivity contribution in [3.05, 3.63) is 34.0 Å². The highest BCUT2D eigenvalue weighted by atomic mass is 32.2. The van der Waals surface area contributed by atoms with E-state index in [2.05, 4.69) is 15.5 Å². The largest absolute Gasteiger partial charge is 0.371 e. The predicted molar refractivity (Wildman–Crippen MR) is 94.3 cm³/mol. The summed E-state index contributed by atoms with van der Waals surface area (Å²) in [6.45, 7) is 4.20. The minimum Gasteiger partial charge on any atom is -0.371 e. The summed E-state index contributed by atoms with van der Waals surface area (Å²) in [5.74, 6) is 1.07. The first-order valence-electron chi connectivity index (χ1n) is 7.98. The van der Waals surface area contributed by atoms with Crippen LogP contribution in [0, 0.1) is 6.92 Å². The second-order valence-corrected chi connectivity index (χ2v) is 9.04. The standard InChI is InChI=1S/C16H20N4O2S2/c1-11-18-12(7-23-11)6-22-13-5-16(24-8-13)9-20(10-16)15(21)14-3-4-17-19(14)2/h3-4,7,13H,5-6,8-10H2,1-2H3/t13-/m0/s1. The Morgan fingerprint density at radius 3 is 3.00 bits per heavy atom. The molecule has 0 radical (unpaired) electrons. The number of nitrogens with zero attached hydrogens (tertiary/aromatic N) is 4. The molecule has 0 saturated carbocycles. The molecular weight excluding hydrogens is 344 g/mol. The number of likely N-dealkylation sites (tertiary alicyclic amines) is 1. The molecule has 2 saturated heterocycles. The fourth-order valence-corrected chi connectivity index (χ4v) is 5.50. The fraction of sp³-hybridized carbons (Fsp3) is 0.562. The first-order valence-corrected chi connectivity index (χ1v) is 9.85. The molecule has 8 heteroatoms. The van der Waals surface area contributed by atoms with Crippen molar-refractivity contribution >= 4 is 29.0 Å². The Hall–Kier alpha value is -1.38. The third kappa shape index (κ3) is 2.98. The van der Waals surface area contributed by atoms with Gasteiger partial charge in [-0.25, -0.2) is 4.98 Å². The van der Waals surface area contributed by atoms with Crippen molar-refractivity contribution in [1.29, 1.82) is 0 Å². The van der Waals surface area contributed by atoms with Gasteiger partial charge in [0, 0.05) is 37.5 Å². The maximum atomic E-state index is 12.5. The van der Waals surface area contributed by atoms with Gasteiger partial charge in [-0.05, 0) is 19.4 Å². The highest BCUT2D eigenvalue weighted by Gasteiger charge is 2.51. The molecule has 24 heavy (non-hydrogen) atoms. The SMILES string of the molecule is Cc1nc(CO[C@@H]2CSC3(C2)CN(C(=O)c2ccnn2C)C3)cs1. The van der Waals surface area contributed by atoms with Gasteiger partial charge in [0.05, 0.1) is 28.2 Å². The summed E-state index contributed by atoms with van der Waals surface area (Å²) in [7, 11) is 1.80. The quantitative estimate of drug-likeness (QED) is 0.831. The number of ether oxygens (including phenoxy) is 1. The average molecular weight is 364 g/mol. The van der Waals surface area contributed by atoms with Crippen LogP contribution in [0.25, 0.3) is 0 Å². The summed E-state index contributed by atoms with van der Waals surface area (Å²) in [6.07, 6.45) is 2.93. The van der Waals surface area contributed by atoms with Crippen molar-refractivity contribution in [1.82, 2.24) is 19.7 Å². The summed E-state index contributed by atoms with van der Waals surface area (Å²) in [6, 6.07) is 1.77. The normalized spacial score (nSPS) is 22.1. The summed E-state index contributed by atoms with van der Waals surface area (Å²) in [5, 5.41) is 7.21. The van der Waals surface area contributed by atoms with Crippen molar-refractivity contribution in [2.75, 3.05) is 18.8 Å². The smallest absolute Gasteiger partial charge is 0.272 e. The highest BCUT2D eigenvalue weighted by molar-refractivity contribution is 8.01. The molecule has 0 unspecified atom stereocenters. The van der Waals surface area contributed by atoms with Gasteiger partial charge in [-0.15, -0.1) is 23.1 Å². The lowest BCUT2D eigenvalue weighted by molar-refractivity contribution is 0.0242. The Kier molecular flexibility index (Phi) is 4.14. The number of aromatic nitrogens is 3. The van der Waals surface area contributed by atoms with Crippen LogP contribution < -0.4 is 0 Å². The zero-order valence-electron chi connectivity index (χ0n) is 13.8. The van der Waals surface area contributed by atoms with E-state index in [9.17, 15) is 4.79 Å². The molecule has 0 aliphatic carbocycles. The second kappa shape index (κ2) is 6.16. The first-order chi connectivity index (χ1) is 11.5. The molecule has 2 aliphatic rings. The summed E-state index contributed by atoms with van der Waals surface area (Å²) >= 11 is 3.60. The van der Waals surface area contributed by atoms with Crippen LogP contribution in [0.4, 0.5) is 0 Å². The molecule has 4 heterocycles. The van der Waals surface area contributed by atoms with Gasteiger partial charge in [0.1, 0.15) is 5.69 Å². The van der Waals surface area contributed by atoms with Crippen molar-refractivity contribution in [3.8, 4) is 0 Å². The molecular formula is C16H20N4O2S2. The molecule has 2 aliphatic heterocycles. The Bertz CT molecular complexity index is 751. The molecule has 0 aromatic carbocycles. The molecule has 0 N–H and O–H groups in total. The molecule has 2 aromatic rings. The second-order valence-electron chi connectivity index (χ2n) is 6.49. The van der Waals surface area contributed by atoms with Gasteiger partial charge < -0.3 is 9.64 Å². The van der Waals surface area contributed by atoms with Crippen LogP contribution in [0.1, 0.15) is 27.6 Å². The topological polar surface area (TPSA) is 60.2 Å². The minimum absolute atomic E-state index is 0.0727. The Labute approximate surface area is 149 Å². The van der Waals surface area contributed by atoms with Crippen LogP contribution in [0.15, 0.2) is 17.6 Å². The van der Waals surface area contributed by atoms with Gasteiger partial charge in [-0.3, -0.25) is 9.48 Å². The third-order valence-electron chi connectivity index (χ3n) is 4.59. The van der Waals surface area contributed by atoms with Gasteiger partial charge in [-0.2, -0.15) is 5.10 Å². The van der Waals surface area contributed by atoms with E-state index < -0.39 is 0 Å². The number of hydrogen-bond acceptors (Lipinski definition) is 6. The minimum atomic E-state index is 0.0727. The Morgan fingerprint density at radius 2 is 2.33 bits per heavy atom. The summed E-state index contributed by atoms with van der Waals surface area (Å²) in [4.78, 5) is 18.8. The lowest BCUT2D eigenvalue weighted by atomic mass is 9.92. The van der Waals surface area contributed by atoms with Gasteiger partial charge in [0.15, 0.2) is 0 Å². The molecule has 1 amide bonds. The summed E-state index contributed by atoms with van der Waals surface area (Å²) < 4.78 is 7.84. The van der Waals surface area contributed by atoms with E-state index in [-0.39, 0.29) is 16.8 Å². The van der Waals surface area contributed by atoms with Gasteiger partial charge >= 0.3 is 0 Å². The van der Waals surface area contributed by atoms with Crippen LogP contribution in [0.3, 0.4) is 0 Å². The van der Waals surface area contributed by atoms with E-state index in [4.69, 9.17) is 4.74 Å². The number of hydrogen-bond donors (Lipinski definition) is 0. The van der Waals surface area contributed by atoms with E-state index in [0.29, 0.717) is 12.3 Å². The Morgan fingerprint density at radius 1 is 1.50 bits per heavy atom. The van der Waals surface area contributed by atoms with E-state index in [1.807, 2.05) is 23.6 Å². The number of rotatable bonds is 4. The van der Waals surface area contributed by atoms with Crippen LogP contribution in [0.2, 0.25) is 0 Å². The molecule has 0 bridgehead atoms. The zero-order valence-corrected chi connectivity index (χ0v) is 15.4. The van der Waals surface area contributed by atoms with E-state index in [1.54, 1.807) is 35.3 Å². The van der Waals surface area contributed by atoms with Gasteiger partial charge in [0.2, 0.25) is 0 Å². The maximum absolute atomic E-state index is 12.5. The monoisotopic (exact) mass is 364 g/mol. The molecule has 1 atom stereocenters. The number of amides is 1. The number of aryl methyl sites for hydroxylation is 2.